The van der Waals surface area contributed by atoms with Crippen molar-refractivity contribution < 1.29 is 23.5 Å². The van der Waals surface area contributed by atoms with E-state index in [1.165, 1.54) is 12.0 Å². The molecular weight excluding hydrogens is 377 g/mol. The molecule has 0 spiro atoms. The van der Waals surface area contributed by atoms with Crippen LogP contribution < -0.4 is 5.32 Å². The summed E-state index contributed by atoms with van der Waals surface area (Å²) in [4.78, 5) is 39.4. The molecule has 0 radical (unpaired) electrons. The molecule has 2 unspecified atom stereocenters. The molecule has 2 heterocycles. The lowest BCUT2D eigenvalue weighted by atomic mass is 9.84. The van der Waals surface area contributed by atoms with E-state index in [9.17, 15) is 18.8 Å². The summed E-state index contributed by atoms with van der Waals surface area (Å²) in [6.45, 7) is 0.895. The molecule has 3 fully saturated rings. The van der Waals surface area contributed by atoms with E-state index in [1.54, 1.807) is 0 Å². The number of carbonyl (C=O) groups is 3. The first-order valence-corrected chi connectivity index (χ1v) is 10.9. The van der Waals surface area contributed by atoms with Gasteiger partial charge in [0.2, 0.25) is 0 Å². The number of hydrogen-bond acceptors (Lipinski definition) is 5. The molecule has 0 bridgehead atoms. The first-order chi connectivity index (χ1) is 14.0. The molecule has 4 aliphatic rings. The lowest BCUT2D eigenvalue weighted by Gasteiger charge is -2.28. The van der Waals surface area contributed by atoms with E-state index in [0.717, 1.165) is 41.9 Å². The maximum absolute atomic E-state index is 13.4. The molecule has 0 aromatic rings. The van der Waals surface area contributed by atoms with Crippen LogP contribution in [-0.2, 0) is 14.3 Å². The minimum absolute atomic E-state index is 0.0254. The van der Waals surface area contributed by atoms with E-state index >= 15 is 0 Å². The van der Waals surface area contributed by atoms with Gasteiger partial charge in [-0.1, -0.05) is 11.6 Å². The van der Waals surface area contributed by atoms with Crippen molar-refractivity contribution in [2.75, 3.05) is 19.6 Å². The zero-order valence-corrected chi connectivity index (χ0v) is 16.8. The Morgan fingerprint density at radius 2 is 1.83 bits per heavy atom. The Kier molecular flexibility index (Phi) is 6.29. The van der Waals surface area contributed by atoms with Gasteiger partial charge < -0.3 is 4.74 Å². The van der Waals surface area contributed by atoms with Crippen molar-refractivity contribution in [3.05, 3.63) is 11.6 Å². The van der Waals surface area contributed by atoms with Crippen molar-refractivity contribution in [2.45, 2.75) is 76.3 Å². The van der Waals surface area contributed by atoms with Crippen LogP contribution in [0, 0.1) is 5.92 Å². The van der Waals surface area contributed by atoms with Crippen LogP contribution in [-0.4, -0.2) is 65.8 Å². The van der Waals surface area contributed by atoms with Gasteiger partial charge in [0, 0.05) is 13.1 Å². The molecule has 2 aliphatic carbocycles. The second-order valence-corrected chi connectivity index (χ2v) is 8.60. The van der Waals surface area contributed by atoms with Crippen molar-refractivity contribution in [2.24, 2.45) is 5.92 Å². The number of nitrogens with zero attached hydrogens (tertiary/aromatic N) is 2. The normalized spacial score (nSPS) is 33.6. The van der Waals surface area contributed by atoms with E-state index < -0.39 is 30.2 Å². The average molecular weight is 407 g/mol. The Bertz CT molecular complexity index is 689. The number of urea groups is 1. The van der Waals surface area contributed by atoms with Gasteiger partial charge in [-0.25, -0.2) is 9.18 Å². The summed E-state index contributed by atoms with van der Waals surface area (Å²) in [6.07, 6.45) is 8.68. The first-order valence-electron chi connectivity index (χ1n) is 10.9. The SMILES string of the molecule is O=C1C(=O)N(CC2NCC(C3CCC(F)CC3)O2)C(=O)N1CCC1=CCCCC1. The second-order valence-electron chi connectivity index (χ2n) is 8.60. The van der Waals surface area contributed by atoms with Gasteiger partial charge in [-0.2, -0.15) is 0 Å². The Balaban J connectivity index is 1.29. The monoisotopic (exact) mass is 407 g/mol. The van der Waals surface area contributed by atoms with Gasteiger partial charge in [-0.15, -0.1) is 0 Å². The smallest absolute Gasteiger partial charge is 0.334 e. The molecule has 4 amide bonds. The predicted molar refractivity (Wildman–Crippen MR) is 104 cm³/mol. The fourth-order valence-corrected chi connectivity index (χ4v) is 4.85. The molecule has 1 N–H and O–H groups in total. The van der Waals surface area contributed by atoms with Gasteiger partial charge in [-0.3, -0.25) is 24.7 Å². The van der Waals surface area contributed by atoms with Crippen LogP contribution in [0.15, 0.2) is 11.6 Å². The highest BCUT2D eigenvalue weighted by molar-refractivity contribution is 6.44. The number of halogens is 1. The third-order valence-electron chi connectivity index (χ3n) is 6.64. The summed E-state index contributed by atoms with van der Waals surface area (Å²) in [5.41, 5.74) is 1.26. The summed E-state index contributed by atoms with van der Waals surface area (Å²) in [6, 6.07) is -0.553. The number of ether oxygens (including phenoxy) is 1. The van der Waals surface area contributed by atoms with Crippen molar-refractivity contribution >= 4 is 17.8 Å². The first kappa shape index (κ1) is 20.5. The van der Waals surface area contributed by atoms with Crippen molar-refractivity contribution in [1.82, 2.24) is 15.1 Å². The summed E-state index contributed by atoms with van der Waals surface area (Å²) >= 11 is 0. The van der Waals surface area contributed by atoms with Gasteiger partial charge in [0.1, 0.15) is 12.4 Å². The van der Waals surface area contributed by atoms with Gasteiger partial charge in [-0.05, 0) is 63.7 Å². The Morgan fingerprint density at radius 1 is 1.07 bits per heavy atom. The Labute approximate surface area is 170 Å². The van der Waals surface area contributed by atoms with Gasteiger partial charge in [0.15, 0.2) is 0 Å². The summed E-state index contributed by atoms with van der Waals surface area (Å²) < 4.78 is 19.4. The van der Waals surface area contributed by atoms with Crippen molar-refractivity contribution in [3.63, 3.8) is 0 Å². The molecule has 0 aromatic heterocycles. The number of alkyl halides is 1. The number of nitrogens with one attached hydrogen (secondary N) is 1. The van der Waals surface area contributed by atoms with E-state index in [1.807, 2.05) is 0 Å². The quantitative estimate of drug-likeness (QED) is 0.416. The van der Waals surface area contributed by atoms with E-state index in [2.05, 4.69) is 11.4 Å². The summed E-state index contributed by atoms with van der Waals surface area (Å²) in [5.74, 6) is -1.23. The van der Waals surface area contributed by atoms with Crippen LogP contribution in [0.3, 0.4) is 0 Å². The van der Waals surface area contributed by atoms with Gasteiger partial charge >= 0.3 is 17.8 Å². The fourth-order valence-electron chi connectivity index (χ4n) is 4.85. The topological polar surface area (TPSA) is 79.0 Å². The maximum Gasteiger partial charge on any atom is 0.334 e. The highest BCUT2D eigenvalue weighted by atomic mass is 19.1. The molecule has 160 valence electrons. The largest absolute Gasteiger partial charge is 0.357 e. The lowest BCUT2D eigenvalue weighted by molar-refractivity contribution is -0.144. The van der Waals surface area contributed by atoms with E-state index in [0.29, 0.717) is 31.7 Å². The van der Waals surface area contributed by atoms with Gasteiger partial charge in [0.05, 0.1) is 12.6 Å². The number of allylic oxidation sites excluding steroid dienone is 1. The highest BCUT2D eigenvalue weighted by Crippen LogP contribution is 2.32. The highest BCUT2D eigenvalue weighted by Gasteiger charge is 2.46. The minimum atomic E-state index is -0.778. The number of amides is 4. The lowest BCUT2D eigenvalue weighted by Crippen LogP contribution is -2.42. The second kappa shape index (κ2) is 8.92. The molecule has 29 heavy (non-hydrogen) atoms. The third kappa shape index (κ3) is 4.53. The summed E-state index contributed by atoms with van der Waals surface area (Å²) in [5, 5.41) is 3.20. The molecule has 1 saturated carbocycles. The van der Waals surface area contributed by atoms with Crippen molar-refractivity contribution in [1.29, 1.82) is 0 Å². The Hall–Kier alpha value is -1.80. The minimum Gasteiger partial charge on any atom is -0.357 e. The van der Waals surface area contributed by atoms with Gasteiger partial charge in [0.25, 0.3) is 0 Å². The van der Waals surface area contributed by atoms with Crippen LogP contribution in [0.2, 0.25) is 0 Å². The van der Waals surface area contributed by atoms with Crippen molar-refractivity contribution in [3.8, 4) is 0 Å². The molecule has 7 nitrogen and oxygen atoms in total. The molecule has 2 aliphatic heterocycles. The molecular formula is C21H30FN3O4. The van der Waals surface area contributed by atoms with Crippen LogP contribution in [0.5, 0.6) is 0 Å². The standard InChI is InChI=1S/C21H30FN3O4/c22-16-8-6-15(7-9-16)17-12-23-18(29-17)13-25-20(27)19(26)24(21(25)28)11-10-14-4-2-1-3-5-14/h4,15-18,23H,1-3,5-13H2. The summed E-state index contributed by atoms with van der Waals surface area (Å²) in [7, 11) is 0. The van der Waals surface area contributed by atoms with E-state index in [-0.39, 0.29) is 19.2 Å². The number of imide groups is 2. The molecule has 8 heteroatoms. The third-order valence-corrected chi connectivity index (χ3v) is 6.64. The van der Waals surface area contributed by atoms with Crippen LogP contribution in [0.4, 0.5) is 9.18 Å². The van der Waals surface area contributed by atoms with Crippen LogP contribution in [0.1, 0.15) is 57.8 Å². The maximum atomic E-state index is 13.4. The Morgan fingerprint density at radius 3 is 2.55 bits per heavy atom. The van der Waals surface area contributed by atoms with Crippen LogP contribution in [0.25, 0.3) is 0 Å². The number of carbonyl (C=O) groups excluding carboxylic acids is 3. The fraction of sp³-hybridized carbons (Fsp3) is 0.762. The number of rotatable bonds is 6. The molecule has 2 atom stereocenters. The molecule has 0 aromatic carbocycles. The zero-order valence-electron chi connectivity index (χ0n) is 16.8. The molecule has 4 rings (SSSR count). The number of hydrogen-bond donors (Lipinski definition) is 1. The zero-order chi connectivity index (χ0) is 20.4. The average Bonchev–Trinajstić information content (AvgIpc) is 3.28. The molecule has 2 saturated heterocycles. The van der Waals surface area contributed by atoms with E-state index in [4.69, 9.17) is 4.74 Å². The van der Waals surface area contributed by atoms with Crippen LogP contribution >= 0.6 is 0 Å². The predicted octanol–water partition coefficient (Wildman–Crippen LogP) is 2.51.